The van der Waals surface area contributed by atoms with Gasteiger partial charge in [0, 0.05) is 5.03 Å². The average Bonchev–Trinajstić information content (AvgIpc) is 1.95. The van der Waals surface area contributed by atoms with Gasteiger partial charge in [-0.25, -0.2) is 4.79 Å². The summed E-state index contributed by atoms with van der Waals surface area (Å²) in [6.07, 6.45) is -5.70. The van der Waals surface area contributed by atoms with Crippen LogP contribution < -0.4 is 5.32 Å². The van der Waals surface area contributed by atoms with Crippen LogP contribution in [0.25, 0.3) is 0 Å². The van der Waals surface area contributed by atoms with E-state index in [-0.39, 0.29) is 11.6 Å². The van der Waals surface area contributed by atoms with E-state index in [1.165, 1.54) is 0 Å². The maximum absolute atomic E-state index is 11.5. The van der Waals surface area contributed by atoms with E-state index >= 15 is 0 Å². The zero-order valence-electron chi connectivity index (χ0n) is 6.45. The van der Waals surface area contributed by atoms with E-state index < -0.39 is 18.9 Å². The van der Waals surface area contributed by atoms with Crippen LogP contribution in [0, 0.1) is 0 Å². The molecule has 0 heterocycles. The van der Waals surface area contributed by atoms with Crippen LogP contribution in [0.2, 0.25) is 0 Å². The van der Waals surface area contributed by atoms with Gasteiger partial charge < -0.3 is 10.1 Å². The van der Waals surface area contributed by atoms with Crippen LogP contribution in [0.5, 0.6) is 0 Å². The van der Waals surface area contributed by atoms with Gasteiger partial charge in [-0.05, 0) is 0 Å². The summed E-state index contributed by atoms with van der Waals surface area (Å²) >= 11 is 5.22. The third-order valence-corrected chi connectivity index (χ3v) is 0.925. The van der Waals surface area contributed by atoms with Gasteiger partial charge >= 0.3 is 12.3 Å². The maximum atomic E-state index is 11.5. The number of hydrogen-bond acceptors (Lipinski definition) is 2. The lowest BCUT2D eigenvalue weighted by atomic mass is 10.6. The summed E-state index contributed by atoms with van der Waals surface area (Å²) in [5, 5.41) is 2.06. The van der Waals surface area contributed by atoms with Gasteiger partial charge in [0.1, 0.15) is 0 Å². The smallest absolute Gasteiger partial charge is 0.422 e. The molecule has 76 valence electrons. The van der Waals surface area contributed by atoms with Crippen molar-refractivity contribution >= 4 is 17.7 Å². The second-order valence-corrected chi connectivity index (χ2v) is 2.60. The number of ether oxygens (including phenoxy) is 1. The SMILES string of the molecule is C=C(Cl)CNC(=O)OCC(F)(F)F. The summed E-state index contributed by atoms with van der Waals surface area (Å²) in [5.74, 6) is 0. The van der Waals surface area contributed by atoms with Crippen molar-refractivity contribution in [2.24, 2.45) is 0 Å². The molecule has 13 heavy (non-hydrogen) atoms. The Kier molecular flexibility index (Phi) is 4.61. The van der Waals surface area contributed by atoms with Gasteiger partial charge in [-0.3, -0.25) is 0 Å². The van der Waals surface area contributed by atoms with Gasteiger partial charge in [0.25, 0.3) is 0 Å². The van der Waals surface area contributed by atoms with E-state index in [1.807, 2.05) is 5.32 Å². The first kappa shape index (κ1) is 12.1. The summed E-state index contributed by atoms with van der Waals surface area (Å²) in [7, 11) is 0. The molecule has 0 aliphatic heterocycles. The zero-order chi connectivity index (χ0) is 10.5. The highest BCUT2D eigenvalue weighted by molar-refractivity contribution is 6.29. The third-order valence-electron chi connectivity index (χ3n) is 0.791. The zero-order valence-corrected chi connectivity index (χ0v) is 7.21. The highest BCUT2D eigenvalue weighted by atomic mass is 35.5. The van der Waals surface area contributed by atoms with E-state index in [2.05, 4.69) is 11.3 Å². The Bertz CT molecular complexity index is 205. The van der Waals surface area contributed by atoms with Crippen LogP contribution in [0.15, 0.2) is 11.6 Å². The normalized spacial score (nSPS) is 10.8. The number of alkyl carbamates (subject to hydrolysis) is 1. The molecule has 0 unspecified atom stereocenters. The van der Waals surface area contributed by atoms with Crippen molar-refractivity contribution in [1.82, 2.24) is 5.32 Å². The van der Waals surface area contributed by atoms with Gasteiger partial charge in [0.05, 0.1) is 6.54 Å². The van der Waals surface area contributed by atoms with Crippen molar-refractivity contribution in [3.05, 3.63) is 11.6 Å². The van der Waals surface area contributed by atoms with Gasteiger partial charge in [-0.1, -0.05) is 18.2 Å². The fraction of sp³-hybridized carbons (Fsp3) is 0.500. The Hall–Kier alpha value is -0.910. The molecule has 0 aromatic rings. The number of hydrogen-bond donors (Lipinski definition) is 1. The van der Waals surface area contributed by atoms with Crippen LogP contribution in [0.1, 0.15) is 0 Å². The van der Waals surface area contributed by atoms with Crippen molar-refractivity contribution in [3.63, 3.8) is 0 Å². The first-order valence-corrected chi connectivity index (χ1v) is 3.50. The fourth-order valence-electron chi connectivity index (χ4n) is 0.366. The first-order chi connectivity index (χ1) is 5.81. The molecule has 0 saturated carbocycles. The van der Waals surface area contributed by atoms with Crippen LogP contribution in [-0.4, -0.2) is 25.4 Å². The van der Waals surface area contributed by atoms with E-state index in [9.17, 15) is 18.0 Å². The molecule has 1 N–H and O–H groups in total. The standard InChI is InChI=1S/C6H7ClF3NO2/c1-4(7)2-11-5(12)13-3-6(8,9)10/h1-3H2,(H,11,12). The third kappa shape index (κ3) is 9.00. The number of nitrogens with one attached hydrogen (secondary N) is 1. The largest absolute Gasteiger partial charge is 0.440 e. The number of carbonyl (C=O) groups is 1. The fourth-order valence-corrected chi connectivity index (χ4v) is 0.433. The Morgan fingerprint density at radius 2 is 2.08 bits per heavy atom. The van der Waals surface area contributed by atoms with E-state index in [4.69, 9.17) is 11.6 Å². The Balaban J connectivity index is 3.58. The second kappa shape index (κ2) is 4.96. The molecular formula is C6H7ClF3NO2. The molecular weight excluding hydrogens is 211 g/mol. The van der Waals surface area contributed by atoms with Gasteiger partial charge in [-0.2, -0.15) is 13.2 Å². The Labute approximate surface area is 77.5 Å². The van der Waals surface area contributed by atoms with Crippen LogP contribution >= 0.6 is 11.6 Å². The molecule has 0 aromatic heterocycles. The Morgan fingerprint density at radius 3 is 2.46 bits per heavy atom. The molecule has 0 aromatic carbocycles. The molecule has 7 heteroatoms. The molecule has 0 aliphatic carbocycles. The molecule has 0 fully saturated rings. The topological polar surface area (TPSA) is 38.3 Å². The predicted molar refractivity (Wildman–Crippen MR) is 40.4 cm³/mol. The lowest BCUT2D eigenvalue weighted by Crippen LogP contribution is -2.29. The van der Waals surface area contributed by atoms with Gasteiger partial charge in [-0.15, -0.1) is 0 Å². The number of halogens is 4. The minimum absolute atomic E-state index is 0.101. The molecule has 0 saturated heterocycles. The van der Waals surface area contributed by atoms with E-state index in [0.29, 0.717) is 0 Å². The number of carbonyl (C=O) groups excluding carboxylic acids is 1. The van der Waals surface area contributed by atoms with Gasteiger partial charge in [0.15, 0.2) is 6.61 Å². The summed E-state index contributed by atoms with van der Waals surface area (Å²) in [6.45, 7) is 1.46. The molecule has 0 aliphatic rings. The number of alkyl halides is 3. The lowest BCUT2D eigenvalue weighted by Gasteiger charge is -2.08. The molecule has 3 nitrogen and oxygen atoms in total. The highest BCUT2D eigenvalue weighted by Gasteiger charge is 2.29. The quantitative estimate of drug-likeness (QED) is 0.786. The molecule has 0 atom stereocenters. The van der Waals surface area contributed by atoms with E-state index in [0.717, 1.165) is 0 Å². The van der Waals surface area contributed by atoms with Crippen molar-refractivity contribution in [1.29, 1.82) is 0 Å². The maximum Gasteiger partial charge on any atom is 0.422 e. The summed E-state index contributed by atoms with van der Waals surface area (Å²) < 4.78 is 38.2. The minimum atomic E-state index is -4.52. The number of amides is 1. The number of rotatable bonds is 3. The highest BCUT2D eigenvalue weighted by Crippen LogP contribution is 2.14. The van der Waals surface area contributed by atoms with Gasteiger partial charge in [0.2, 0.25) is 0 Å². The Morgan fingerprint density at radius 1 is 1.54 bits per heavy atom. The molecule has 0 rings (SSSR count). The summed E-state index contributed by atoms with van der Waals surface area (Å²) in [5.41, 5.74) is 0. The van der Waals surface area contributed by atoms with Crippen molar-refractivity contribution in [2.75, 3.05) is 13.2 Å². The second-order valence-electron chi connectivity index (χ2n) is 2.06. The van der Waals surface area contributed by atoms with Crippen molar-refractivity contribution < 1.29 is 22.7 Å². The molecule has 1 amide bonds. The van der Waals surface area contributed by atoms with Crippen LogP contribution in [0.3, 0.4) is 0 Å². The van der Waals surface area contributed by atoms with Crippen molar-refractivity contribution in [3.8, 4) is 0 Å². The van der Waals surface area contributed by atoms with Crippen LogP contribution in [0.4, 0.5) is 18.0 Å². The molecule has 0 radical (unpaired) electrons. The lowest BCUT2D eigenvalue weighted by molar-refractivity contribution is -0.160. The predicted octanol–water partition coefficient (Wildman–Crippen LogP) is 2.03. The van der Waals surface area contributed by atoms with Crippen molar-refractivity contribution in [2.45, 2.75) is 6.18 Å². The van der Waals surface area contributed by atoms with Crippen LogP contribution in [-0.2, 0) is 4.74 Å². The molecule has 0 bridgehead atoms. The summed E-state index contributed by atoms with van der Waals surface area (Å²) in [6, 6.07) is 0. The monoisotopic (exact) mass is 217 g/mol. The average molecular weight is 218 g/mol. The summed E-state index contributed by atoms with van der Waals surface area (Å²) in [4.78, 5) is 10.5. The first-order valence-electron chi connectivity index (χ1n) is 3.12. The minimum Gasteiger partial charge on any atom is -0.440 e. The van der Waals surface area contributed by atoms with E-state index in [1.54, 1.807) is 0 Å². The molecule has 0 spiro atoms.